The first-order valence-electron chi connectivity index (χ1n) is 8.49. The predicted molar refractivity (Wildman–Crippen MR) is 91.3 cm³/mol. The Bertz CT molecular complexity index is 658. The molecule has 0 spiro atoms. The highest BCUT2D eigenvalue weighted by Gasteiger charge is 2.27. The van der Waals surface area contributed by atoms with Gasteiger partial charge in [-0.3, -0.25) is 4.90 Å². The average molecular weight is 354 g/mol. The van der Waals surface area contributed by atoms with Crippen LogP contribution in [0.5, 0.6) is 0 Å². The molecule has 134 valence electrons. The molecule has 7 heteroatoms. The number of benzene rings is 1. The summed E-state index contributed by atoms with van der Waals surface area (Å²) in [6, 6.07) is 7.64. The van der Waals surface area contributed by atoms with Gasteiger partial charge in [-0.15, -0.1) is 0 Å². The molecule has 2 saturated heterocycles. The van der Waals surface area contributed by atoms with E-state index in [0.29, 0.717) is 43.8 Å². The Hall–Kier alpha value is -0.990. The van der Waals surface area contributed by atoms with E-state index in [2.05, 4.69) is 18.7 Å². The SMILES string of the molecule is C[C@@H]1CN(Cc2cccc(S(=O)(=O)N3CCOCC3)c2)[C@H](C)CO1. The summed E-state index contributed by atoms with van der Waals surface area (Å²) in [5.41, 5.74) is 1.02. The van der Waals surface area contributed by atoms with Gasteiger partial charge in [-0.25, -0.2) is 8.42 Å². The third-order valence-corrected chi connectivity index (χ3v) is 6.52. The second kappa shape index (κ2) is 7.49. The van der Waals surface area contributed by atoms with Crippen molar-refractivity contribution < 1.29 is 17.9 Å². The number of ether oxygens (including phenoxy) is 2. The maximum Gasteiger partial charge on any atom is 0.243 e. The summed E-state index contributed by atoms with van der Waals surface area (Å²) in [4.78, 5) is 2.71. The van der Waals surface area contributed by atoms with E-state index in [0.717, 1.165) is 18.7 Å². The smallest absolute Gasteiger partial charge is 0.243 e. The van der Waals surface area contributed by atoms with Crippen molar-refractivity contribution in [3.05, 3.63) is 29.8 Å². The van der Waals surface area contributed by atoms with Crippen molar-refractivity contribution in [3.8, 4) is 0 Å². The van der Waals surface area contributed by atoms with E-state index in [1.807, 2.05) is 12.1 Å². The molecule has 0 bridgehead atoms. The molecule has 0 radical (unpaired) electrons. The van der Waals surface area contributed by atoms with Crippen molar-refractivity contribution in [2.45, 2.75) is 37.4 Å². The summed E-state index contributed by atoms with van der Waals surface area (Å²) < 4.78 is 38.0. The van der Waals surface area contributed by atoms with Gasteiger partial charge >= 0.3 is 0 Å². The highest BCUT2D eigenvalue weighted by molar-refractivity contribution is 7.89. The second-order valence-corrected chi connectivity index (χ2v) is 8.52. The molecule has 2 heterocycles. The molecular formula is C17H26N2O4S. The Kier molecular flexibility index (Phi) is 5.56. The monoisotopic (exact) mass is 354 g/mol. The normalized spacial score (nSPS) is 27.2. The molecule has 0 N–H and O–H groups in total. The van der Waals surface area contributed by atoms with Crippen LogP contribution in [0.2, 0.25) is 0 Å². The molecule has 0 unspecified atom stereocenters. The van der Waals surface area contributed by atoms with Crippen LogP contribution in [0.15, 0.2) is 29.2 Å². The zero-order valence-corrected chi connectivity index (χ0v) is 15.2. The molecule has 1 aromatic rings. The van der Waals surface area contributed by atoms with Crippen LogP contribution in [0, 0.1) is 0 Å². The standard InChI is InChI=1S/C17H26N2O4S/c1-14-13-23-15(2)11-18(14)12-16-4-3-5-17(10-16)24(20,21)19-6-8-22-9-7-19/h3-5,10,14-15H,6-9,11-13H2,1-2H3/t14-,15-/m1/s1. The number of hydrogen-bond donors (Lipinski definition) is 0. The lowest BCUT2D eigenvalue weighted by Gasteiger charge is -2.36. The van der Waals surface area contributed by atoms with Crippen LogP contribution in [0.1, 0.15) is 19.4 Å². The average Bonchev–Trinajstić information content (AvgIpc) is 2.59. The molecule has 0 aliphatic carbocycles. The number of rotatable bonds is 4. The van der Waals surface area contributed by atoms with Crippen molar-refractivity contribution in [3.63, 3.8) is 0 Å². The molecule has 2 aliphatic rings. The van der Waals surface area contributed by atoms with E-state index in [4.69, 9.17) is 9.47 Å². The number of morpholine rings is 2. The van der Waals surface area contributed by atoms with Crippen LogP contribution in [0.25, 0.3) is 0 Å². The van der Waals surface area contributed by atoms with Gasteiger partial charge in [0, 0.05) is 32.2 Å². The molecule has 0 aromatic heterocycles. The van der Waals surface area contributed by atoms with Gasteiger partial charge in [0.15, 0.2) is 0 Å². The zero-order valence-electron chi connectivity index (χ0n) is 14.3. The molecule has 24 heavy (non-hydrogen) atoms. The molecule has 2 fully saturated rings. The molecular weight excluding hydrogens is 328 g/mol. The molecule has 2 aliphatic heterocycles. The summed E-state index contributed by atoms with van der Waals surface area (Å²) in [5, 5.41) is 0. The van der Waals surface area contributed by atoms with Gasteiger partial charge in [-0.1, -0.05) is 12.1 Å². The van der Waals surface area contributed by atoms with Gasteiger partial charge in [0.2, 0.25) is 10.0 Å². The minimum absolute atomic E-state index is 0.210. The van der Waals surface area contributed by atoms with Crippen molar-refractivity contribution in [1.82, 2.24) is 9.21 Å². The zero-order chi connectivity index (χ0) is 17.2. The molecule has 6 nitrogen and oxygen atoms in total. The Morgan fingerprint density at radius 2 is 1.96 bits per heavy atom. The first-order valence-corrected chi connectivity index (χ1v) is 9.93. The lowest BCUT2D eigenvalue weighted by atomic mass is 10.1. The second-order valence-electron chi connectivity index (χ2n) is 6.59. The molecule has 2 atom stereocenters. The molecule has 3 rings (SSSR count). The van der Waals surface area contributed by atoms with Crippen LogP contribution in [-0.4, -0.2) is 69.2 Å². The number of sulfonamides is 1. The number of hydrogen-bond acceptors (Lipinski definition) is 5. The predicted octanol–water partition coefficient (Wildman–Crippen LogP) is 1.32. The van der Waals surface area contributed by atoms with Gasteiger partial charge in [0.05, 0.1) is 30.8 Å². The fourth-order valence-corrected chi connectivity index (χ4v) is 4.65. The van der Waals surface area contributed by atoms with Crippen LogP contribution in [0.4, 0.5) is 0 Å². The maximum absolute atomic E-state index is 12.8. The van der Waals surface area contributed by atoms with Crippen LogP contribution < -0.4 is 0 Å². The van der Waals surface area contributed by atoms with E-state index in [9.17, 15) is 8.42 Å². The minimum atomic E-state index is -3.44. The molecule has 1 aromatic carbocycles. The first-order chi connectivity index (χ1) is 11.5. The lowest BCUT2D eigenvalue weighted by Crippen LogP contribution is -2.46. The maximum atomic E-state index is 12.8. The highest BCUT2D eigenvalue weighted by Crippen LogP contribution is 2.21. The summed E-state index contributed by atoms with van der Waals surface area (Å²) >= 11 is 0. The fourth-order valence-electron chi connectivity index (χ4n) is 3.17. The third-order valence-electron chi connectivity index (χ3n) is 4.63. The molecule has 0 saturated carbocycles. The van der Waals surface area contributed by atoms with Crippen LogP contribution in [-0.2, 0) is 26.0 Å². The first kappa shape index (κ1) is 17.8. The van der Waals surface area contributed by atoms with Gasteiger partial charge < -0.3 is 9.47 Å². The van der Waals surface area contributed by atoms with Gasteiger partial charge in [-0.2, -0.15) is 4.31 Å². The Morgan fingerprint density at radius 3 is 2.71 bits per heavy atom. The lowest BCUT2D eigenvalue weighted by molar-refractivity contribution is -0.0526. The minimum Gasteiger partial charge on any atom is -0.379 e. The van der Waals surface area contributed by atoms with Crippen LogP contribution in [0.3, 0.4) is 0 Å². The van der Waals surface area contributed by atoms with Gasteiger partial charge in [-0.05, 0) is 31.5 Å². The quantitative estimate of drug-likeness (QED) is 0.816. The summed E-state index contributed by atoms with van der Waals surface area (Å²) in [6.45, 7) is 8.29. The highest BCUT2D eigenvalue weighted by atomic mass is 32.2. The van der Waals surface area contributed by atoms with E-state index < -0.39 is 10.0 Å². The molecule has 0 amide bonds. The van der Waals surface area contributed by atoms with Gasteiger partial charge in [0.25, 0.3) is 0 Å². The summed E-state index contributed by atoms with van der Waals surface area (Å²) in [6.07, 6.45) is 0.210. The van der Waals surface area contributed by atoms with E-state index >= 15 is 0 Å². The van der Waals surface area contributed by atoms with E-state index in [-0.39, 0.29) is 6.10 Å². The summed E-state index contributed by atoms with van der Waals surface area (Å²) in [5.74, 6) is 0. The van der Waals surface area contributed by atoms with Crippen molar-refractivity contribution >= 4 is 10.0 Å². The van der Waals surface area contributed by atoms with E-state index in [1.165, 1.54) is 4.31 Å². The topological polar surface area (TPSA) is 59.1 Å². The largest absolute Gasteiger partial charge is 0.379 e. The van der Waals surface area contributed by atoms with E-state index in [1.54, 1.807) is 12.1 Å². The Morgan fingerprint density at radius 1 is 1.21 bits per heavy atom. The van der Waals surface area contributed by atoms with Crippen molar-refractivity contribution in [2.75, 3.05) is 39.5 Å². The third kappa shape index (κ3) is 3.97. The van der Waals surface area contributed by atoms with Crippen LogP contribution >= 0.6 is 0 Å². The van der Waals surface area contributed by atoms with Crippen molar-refractivity contribution in [2.24, 2.45) is 0 Å². The fraction of sp³-hybridized carbons (Fsp3) is 0.647. The summed E-state index contributed by atoms with van der Waals surface area (Å²) in [7, 11) is -3.44. The van der Waals surface area contributed by atoms with Crippen molar-refractivity contribution in [1.29, 1.82) is 0 Å². The number of nitrogens with zero attached hydrogens (tertiary/aromatic N) is 2. The Labute approximate surface area is 144 Å². The Balaban J connectivity index is 1.76. The van der Waals surface area contributed by atoms with Gasteiger partial charge in [0.1, 0.15) is 0 Å².